The lowest BCUT2D eigenvalue weighted by atomic mass is 10.1. The van der Waals surface area contributed by atoms with Crippen molar-refractivity contribution in [3.63, 3.8) is 0 Å². The number of thiophene rings is 1. The molecule has 0 aliphatic rings. The fourth-order valence-electron chi connectivity index (χ4n) is 2.40. The summed E-state index contributed by atoms with van der Waals surface area (Å²) in [5.74, 6) is -0.0439. The van der Waals surface area contributed by atoms with Gasteiger partial charge in [-0.3, -0.25) is 9.48 Å². The molecular weight excluding hydrogens is 298 g/mol. The molecule has 2 aromatic heterocycles. The second-order valence-corrected chi connectivity index (χ2v) is 6.23. The fourth-order valence-corrected chi connectivity index (χ4v) is 3.11. The van der Waals surface area contributed by atoms with Gasteiger partial charge in [0.1, 0.15) is 6.04 Å². The number of aromatic nitrogens is 2. The van der Waals surface area contributed by atoms with Crippen molar-refractivity contribution in [3.05, 3.63) is 40.3 Å². The Kier molecular flexibility index (Phi) is 5.70. The van der Waals surface area contributed by atoms with Crippen LogP contribution in [0.25, 0.3) is 0 Å². The average molecular weight is 321 g/mol. The van der Waals surface area contributed by atoms with E-state index in [0.717, 1.165) is 5.56 Å². The van der Waals surface area contributed by atoms with Crippen LogP contribution in [0.2, 0.25) is 0 Å². The van der Waals surface area contributed by atoms with Crippen molar-refractivity contribution in [2.45, 2.75) is 12.1 Å². The molecule has 1 amide bonds. The molecule has 0 aromatic carbocycles. The van der Waals surface area contributed by atoms with Crippen LogP contribution in [0.4, 0.5) is 0 Å². The largest absolute Gasteiger partial charge is 0.353 e. The van der Waals surface area contributed by atoms with Crippen LogP contribution in [0.5, 0.6) is 0 Å². The summed E-state index contributed by atoms with van der Waals surface area (Å²) < 4.78 is 1.70. The minimum atomic E-state index is -0.390. The van der Waals surface area contributed by atoms with Crippen molar-refractivity contribution in [1.29, 1.82) is 0 Å². The third-order valence-corrected chi connectivity index (χ3v) is 4.33. The van der Waals surface area contributed by atoms with Crippen LogP contribution in [0.3, 0.4) is 0 Å². The van der Waals surface area contributed by atoms with Crippen LogP contribution in [-0.4, -0.2) is 48.3 Å². The number of likely N-dealkylation sites (N-methyl/N-ethyl adjacent to an activating group) is 2. The van der Waals surface area contributed by atoms with Crippen LogP contribution >= 0.6 is 11.3 Å². The van der Waals surface area contributed by atoms with E-state index in [-0.39, 0.29) is 18.0 Å². The molecule has 2 atom stereocenters. The van der Waals surface area contributed by atoms with Gasteiger partial charge in [-0.1, -0.05) is 0 Å². The maximum atomic E-state index is 12.5. The van der Waals surface area contributed by atoms with Crippen LogP contribution in [0.15, 0.2) is 29.2 Å². The van der Waals surface area contributed by atoms with Gasteiger partial charge >= 0.3 is 0 Å². The molecule has 6 nitrogen and oxygen atoms in total. The first kappa shape index (κ1) is 16.7. The van der Waals surface area contributed by atoms with Gasteiger partial charge in [0.05, 0.1) is 12.2 Å². The van der Waals surface area contributed by atoms with E-state index in [0.29, 0.717) is 6.54 Å². The molecular formula is C15H23N5OS. The Hall–Kier alpha value is -1.70. The fraction of sp³-hybridized carbons (Fsp3) is 0.467. The van der Waals surface area contributed by atoms with Crippen molar-refractivity contribution < 1.29 is 4.79 Å². The molecule has 2 aromatic rings. The highest BCUT2D eigenvalue weighted by atomic mass is 32.1. The van der Waals surface area contributed by atoms with Gasteiger partial charge in [0.15, 0.2) is 0 Å². The lowest BCUT2D eigenvalue weighted by Crippen LogP contribution is -2.40. The Balaban J connectivity index is 2.01. The molecule has 2 heterocycles. The second kappa shape index (κ2) is 7.53. The Morgan fingerprint density at radius 2 is 2.23 bits per heavy atom. The first-order valence-electron chi connectivity index (χ1n) is 7.15. The minimum absolute atomic E-state index is 0.0439. The predicted molar refractivity (Wildman–Crippen MR) is 88.8 cm³/mol. The number of hydrogen-bond acceptors (Lipinski definition) is 5. The molecule has 2 unspecified atom stereocenters. The molecule has 2 rings (SSSR count). The van der Waals surface area contributed by atoms with Gasteiger partial charge in [-0.2, -0.15) is 16.4 Å². The third-order valence-electron chi connectivity index (χ3n) is 3.63. The summed E-state index contributed by atoms with van der Waals surface area (Å²) in [5, 5.41) is 14.4. The highest BCUT2D eigenvalue weighted by Gasteiger charge is 2.22. The number of carbonyl (C=O) groups excluding carboxylic acids is 1. The molecule has 0 radical (unpaired) electrons. The van der Waals surface area contributed by atoms with Gasteiger partial charge in [0.25, 0.3) is 0 Å². The number of rotatable bonds is 7. The lowest BCUT2D eigenvalue weighted by molar-refractivity contribution is -0.123. The van der Waals surface area contributed by atoms with Crippen molar-refractivity contribution in [1.82, 2.24) is 25.3 Å². The smallest absolute Gasteiger partial charge is 0.241 e. The second-order valence-electron chi connectivity index (χ2n) is 5.45. The standard InChI is InChI=1S/C15H23N5OS/c1-16-14(12-7-18-20(4)9-12)15(21)17-8-13(19(2)3)11-5-6-22-10-11/h5-7,9-10,13-14,16H,8H2,1-4H3,(H,17,21). The molecule has 0 fully saturated rings. The van der Waals surface area contributed by atoms with Gasteiger partial charge in [-0.15, -0.1) is 0 Å². The van der Waals surface area contributed by atoms with Crippen molar-refractivity contribution in [2.75, 3.05) is 27.7 Å². The van der Waals surface area contributed by atoms with Crippen molar-refractivity contribution in [3.8, 4) is 0 Å². The molecule has 0 saturated heterocycles. The maximum absolute atomic E-state index is 12.5. The molecule has 22 heavy (non-hydrogen) atoms. The van der Waals surface area contributed by atoms with Gasteiger partial charge in [0, 0.05) is 25.4 Å². The highest BCUT2D eigenvalue weighted by Crippen LogP contribution is 2.20. The normalized spacial score (nSPS) is 14.0. The molecule has 0 aliphatic heterocycles. The molecule has 2 N–H and O–H groups in total. The molecule has 0 bridgehead atoms. The van der Waals surface area contributed by atoms with Gasteiger partial charge in [0.2, 0.25) is 5.91 Å². The van der Waals surface area contributed by atoms with E-state index in [1.165, 1.54) is 5.56 Å². The first-order valence-corrected chi connectivity index (χ1v) is 8.09. The highest BCUT2D eigenvalue weighted by molar-refractivity contribution is 7.07. The van der Waals surface area contributed by atoms with E-state index in [9.17, 15) is 4.79 Å². The SMILES string of the molecule is CNC(C(=O)NCC(c1ccsc1)N(C)C)c1cnn(C)c1. The Morgan fingerprint density at radius 1 is 1.45 bits per heavy atom. The predicted octanol–water partition coefficient (Wildman–Crippen LogP) is 1.16. The van der Waals surface area contributed by atoms with E-state index in [2.05, 4.69) is 37.5 Å². The van der Waals surface area contributed by atoms with Crippen LogP contribution in [0.1, 0.15) is 23.2 Å². The molecule has 0 spiro atoms. The van der Waals surface area contributed by atoms with Gasteiger partial charge in [-0.25, -0.2) is 0 Å². The Bertz CT molecular complexity index is 593. The quantitative estimate of drug-likeness (QED) is 0.803. The van der Waals surface area contributed by atoms with Crippen molar-refractivity contribution in [2.24, 2.45) is 7.05 Å². The summed E-state index contributed by atoms with van der Waals surface area (Å²) in [4.78, 5) is 14.6. The topological polar surface area (TPSA) is 62.2 Å². The van der Waals surface area contributed by atoms with E-state index in [1.807, 2.05) is 27.3 Å². The number of amides is 1. The van der Waals surface area contributed by atoms with E-state index < -0.39 is 0 Å². The third kappa shape index (κ3) is 3.94. The summed E-state index contributed by atoms with van der Waals surface area (Å²) in [6.07, 6.45) is 3.56. The van der Waals surface area contributed by atoms with Crippen molar-refractivity contribution >= 4 is 17.2 Å². The molecule has 0 saturated carbocycles. The number of carbonyl (C=O) groups is 1. The van der Waals surface area contributed by atoms with Crippen LogP contribution in [0, 0.1) is 0 Å². The first-order chi connectivity index (χ1) is 10.5. The summed E-state index contributed by atoms with van der Waals surface area (Å²) in [6.45, 7) is 0.570. The summed E-state index contributed by atoms with van der Waals surface area (Å²) in [6, 6.07) is 1.87. The lowest BCUT2D eigenvalue weighted by Gasteiger charge is -2.25. The summed E-state index contributed by atoms with van der Waals surface area (Å²) in [7, 11) is 7.66. The Labute approximate surface area is 135 Å². The van der Waals surface area contributed by atoms with Gasteiger partial charge < -0.3 is 15.5 Å². The average Bonchev–Trinajstić information content (AvgIpc) is 3.12. The number of hydrogen-bond donors (Lipinski definition) is 2. The monoisotopic (exact) mass is 321 g/mol. The van der Waals surface area contributed by atoms with E-state index in [1.54, 1.807) is 29.3 Å². The number of nitrogens with one attached hydrogen (secondary N) is 2. The van der Waals surface area contributed by atoms with E-state index >= 15 is 0 Å². The minimum Gasteiger partial charge on any atom is -0.353 e. The zero-order valence-electron chi connectivity index (χ0n) is 13.4. The molecule has 120 valence electrons. The molecule has 7 heteroatoms. The zero-order valence-corrected chi connectivity index (χ0v) is 14.2. The maximum Gasteiger partial charge on any atom is 0.241 e. The zero-order chi connectivity index (χ0) is 16.1. The number of nitrogens with zero attached hydrogens (tertiary/aromatic N) is 3. The number of aryl methyl sites for hydroxylation is 1. The summed E-state index contributed by atoms with van der Waals surface area (Å²) in [5.41, 5.74) is 2.08. The van der Waals surface area contributed by atoms with Gasteiger partial charge in [-0.05, 0) is 43.5 Å². The molecule has 0 aliphatic carbocycles. The summed E-state index contributed by atoms with van der Waals surface area (Å²) >= 11 is 1.67. The van der Waals surface area contributed by atoms with Crippen LogP contribution < -0.4 is 10.6 Å². The Morgan fingerprint density at radius 3 is 2.73 bits per heavy atom. The van der Waals surface area contributed by atoms with E-state index in [4.69, 9.17) is 0 Å². The van der Waals surface area contributed by atoms with Crippen LogP contribution in [-0.2, 0) is 11.8 Å².